The largest absolute Gasteiger partial charge is 0.508 e. The number of hydrogen-bond acceptors (Lipinski definition) is 3. The van der Waals surface area contributed by atoms with Gasteiger partial charge in [0.15, 0.2) is 0 Å². The second kappa shape index (κ2) is 4.53. The maximum absolute atomic E-state index is 9.37. The molecule has 1 heterocycles. The second-order valence-corrected chi connectivity index (χ2v) is 3.95. The Morgan fingerprint density at radius 1 is 1.33 bits per heavy atom. The van der Waals surface area contributed by atoms with Gasteiger partial charge in [-0.1, -0.05) is 6.07 Å². The highest BCUT2D eigenvalue weighted by molar-refractivity contribution is 5.42. The minimum absolute atomic E-state index is 0.268. The topological polar surface area (TPSA) is 41.5 Å². The van der Waals surface area contributed by atoms with Crippen molar-refractivity contribution < 1.29 is 9.84 Å². The Balaban J connectivity index is 2.25. The first kappa shape index (κ1) is 10.3. The van der Waals surface area contributed by atoms with Gasteiger partial charge in [-0.15, -0.1) is 0 Å². The number of rotatable bonds is 2. The first-order valence-corrected chi connectivity index (χ1v) is 5.39. The maximum atomic E-state index is 9.37. The van der Waals surface area contributed by atoms with E-state index in [2.05, 4.69) is 5.32 Å². The van der Waals surface area contributed by atoms with E-state index in [0.717, 1.165) is 31.7 Å². The van der Waals surface area contributed by atoms with E-state index in [1.807, 2.05) is 6.07 Å². The Morgan fingerprint density at radius 3 is 2.73 bits per heavy atom. The van der Waals surface area contributed by atoms with Gasteiger partial charge in [0.1, 0.15) is 11.5 Å². The Morgan fingerprint density at radius 2 is 2.07 bits per heavy atom. The summed E-state index contributed by atoms with van der Waals surface area (Å²) in [7, 11) is 1.65. The fourth-order valence-electron chi connectivity index (χ4n) is 2.17. The molecule has 0 atom stereocenters. The summed E-state index contributed by atoms with van der Waals surface area (Å²) in [5.74, 6) is 1.63. The lowest BCUT2D eigenvalue weighted by Crippen LogP contribution is -2.26. The molecule has 82 valence electrons. The van der Waals surface area contributed by atoms with Crippen LogP contribution in [0, 0.1) is 0 Å². The van der Waals surface area contributed by atoms with E-state index in [0.29, 0.717) is 5.92 Å². The van der Waals surface area contributed by atoms with Gasteiger partial charge in [-0.05, 0) is 43.5 Å². The molecular weight excluding hydrogens is 190 g/mol. The predicted octanol–water partition coefficient (Wildman–Crippen LogP) is 1.87. The third-order valence-corrected chi connectivity index (χ3v) is 3.00. The number of phenolic OH excluding ortho intramolecular Hbond substituents is 1. The van der Waals surface area contributed by atoms with Crippen molar-refractivity contribution in [1.82, 2.24) is 5.32 Å². The summed E-state index contributed by atoms with van der Waals surface area (Å²) in [5.41, 5.74) is 1.22. The Kier molecular flexibility index (Phi) is 3.11. The first-order valence-electron chi connectivity index (χ1n) is 5.39. The third-order valence-electron chi connectivity index (χ3n) is 3.00. The van der Waals surface area contributed by atoms with E-state index in [1.165, 1.54) is 5.56 Å². The number of benzene rings is 1. The minimum Gasteiger partial charge on any atom is -0.508 e. The Labute approximate surface area is 90.1 Å². The molecule has 0 radical (unpaired) electrons. The van der Waals surface area contributed by atoms with Gasteiger partial charge in [0.05, 0.1) is 7.11 Å². The van der Waals surface area contributed by atoms with E-state index in [9.17, 15) is 5.11 Å². The van der Waals surface area contributed by atoms with Crippen LogP contribution in [0.4, 0.5) is 0 Å². The minimum atomic E-state index is 0.268. The Bertz CT molecular complexity index is 332. The van der Waals surface area contributed by atoms with Crippen molar-refractivity contribution in [2.24, 2.45) is 0 Å². The Hall–Kier alpha value is -1.22. The molecule has 0 amide bonds. The average Bonchev–Trinajstić information content (AvgIpc) is 2.30. The van der Waals surface area contributed by atoms with Crippen LogP contribution >= 0.6 is 0 Å². The molecule has 1 aromatic rings. The molecular formula is C12H17NO2. The normalized spacial score (nSPS) is 17.7. The summed E-state index contributed by atoms with van der Waals surface area (Å²) >= 11 is 0. The summed E-state index contributed by atoms with van der Waals surface area (Å²) in [4.78, 5) is 0. The number of phenols is 1. The third kappa shape index (κ3) is 2.23. The van der Waals surface area contributed by atoms with E-state index in [1.54, 1.807) is 19.2 Å². The van der Waals surface area contributed by atoms with Gasteiger partial charge >= 0.3 is 0 Å². The summed E-state index contributed by atoms with van der Waals surface area (Å²) in [6, 6.07) is 5.40. The number of methoxy groups -OCH3 is 1. The van der Waals surface area contributed by atoms with Gasteiger partial charge in [0.2, 0.25) is 0 Å². The monoisotopic (exact) mass is 207 g/mol. The highest BCUT2D eigenvalue weighted by Gasteiger charge is 2.18. The fourth-order valence-corrected chi connectivity index (χ4v) is 2.17. The molecule has 15 heavy (non-hydrogen) atoms. The van der Waals surface area contributed by atoms with Crippen molar-refractivity contribution >= 4 is 0 Å². The summed E-state index contributed by atoms with van der Waals surface area (Å²) in [5, 5.41) is 12.7. The lowest BCUT2D eigenvalue weighted by molar-refractivity contribution is 0.386. The van der Waals surface area contributed by atoms with Crippen LogP contribution in [-0.2, 0) is 0 Å². The van der Waals surface area contributed by atoms with E-state index < -0.39 is 0 Å². The molecule has 2 rings (SSSR count). The van der Waals surface area contributed by atoms with Crippen molar-refractivity contribution in [2.45, 2.75) is 18.8 Å². The number of hydrogen-bond donors (Lipinski definition) is 2. The van der Waals surface area contributed by atoms with E-state index in [4.69, 9.17) is 4.74 Å². The quantitative estimate of drug-likeness (QED) is 0.778. The van der Waals surface area contributed by atoms with Gasteiger partial charge in [0.25, 0.3) is 0 Å². The highest BCUT2D eigenvalue weighted by Crippen LogP contribution is 2.34. The van der Waals surface area contributed by atoms with Gasteiger partial charge in [-0.25, -0.2) is 0 Å². The predicted molar refractivity (Wildman–Crippen MR) is 59.5 cm³/mol. The standard InChI is InChI=1S/C12H17NO2/c1-15-12-8-10(14)2-3-11(12)9-4-6-13-7-5-9/h2-3,8-9,13-14H,4-7H2,1H3. The van der Waals surface area contributed by atoms with Crippen LogP contribution < -0.4 is 10.1 Å². The molecule has 3 nitrogen and oxygen atoms in total. The number of nitrogens with one attached hydrogen (secondary N) is 1. The molecule has 1 aliphatic heterocycles. The lowest BCUT2D eigenvalue weighted by Gasteiger charge is -2.24. The molecule has 2 N–H and O–H groups in total. The van der Waals surface area contributed by atoms with Crippen LogP contribution in [-0.4, -0.2) is 25.3 Å². The van der Waals surface area contributed by atoms with Crippen LogP contribution in [0.2, 0.25) is 0 Å². The first-order chi connectivity index (χ1) is 7.31. The average molecular weight is 207 g/mol. The van der Waals surface area contributed by atoms with Crippen molar-refractivity contribution in [1.29, 1.82) is 0 Å². The molecule has 0 bridgehead atoms. The molecule has 0 aliphatic carbocycles. The van der Waals surface area contributed by atoms with Crippen LogP contribution in [0.5, 0.6) is 11.5 Å². The van der Waals surface area contributed by atoms with Crippen molar-refractivity contribution in [3.8, 4) is 11.5 Å². The maximum Gasteiger partial charge on any atom is 0.126 e. The van der Waals surface area contributed by atoms with E-state index in [-0.39, 0.29) is 5.75 Å². The molecule has 0 spiro atoms. The van der Waals surface area contributed by atoms with Crippen molar-refractivity contribution in [2.75, 3.05) is 20.2 Å². The molecule has 0 aromatic heterocycles. The van der Waals surface area contributed by atoms with Gasteiger partial charge in [0, 0.05) is 6.07 Å². The highest BCUT2D eigenvalue weighted by atomic mass is 16.5. The molecule has 1 saturated heterocycles. The van der Waals surface area contributed by atoms with Gasteiger partial charge in [-0.3, -0.25) is 0 Å². The van der Waals surface area contributed by atoms with Gasteiger partial charge < -0.3 is 15.2 Å². The van der Waals surface area contributed by atoms with Crippen LogP contribution in [0.25, 0.3) is 0 Å². The number of ether oxygens (including phenoxy) is 1. The lowest BCUT2D eigenvalue weighted by atomic mass is 9.89. The summed E-state index contributed by atoms with van der Waals surface area (Å²) in [6.45, 7) is 2.13. The zero-order valence-corrected chi connectivity index (χ0v) is 8.99. The zero-order valence-electron chi connectivity index (χ0n) is 8.99. The smallest absolute Gasteiger partial charge is 0.126 e. The molecule has 3 heteroatoms. The molecule has 1 aromatic carbocycles. The SMILES string of the molecule is COc1cc(O)ccc1C1CCNCC1. The van der Waals surface area contributed by atoms with Crippen molar-refractivity contribution in [3.63, 3.8) is 0 Å². The fraction of sp³-hybridized carbons (Fsp3) is 0.500. The number of piperidine rings is 1. The summed E-state index contributed by atoms with van der Waals surface area (Å²) in [6.07, 6.45) is 2.28. The van der Waals surface area contributed by atoms with Crippen LogP contribution in [0.3, 0.4) is 0 Å². The molecule has 1 aliphatic rings. The molecule has 0 unspecified atom stereocenters. The van der Waals surface area contributed by atoms with E-state index >= 15 is 0 Å². The molecule has 1 fully saturated rings. The number of aromatic hydroxyl groups is 1. The van der Waals surface area contributed by atoms with Crippen molar-refractivity contribution in [3.05, 3.63) is 23.8 Å². The van der Waals surface area contributed by atoms with Crippen LogP contribution in [0.15, 0.2) is 18.2 Å². The molecule has 0 saturated carbocycles. The summed E-state index contributed by atoms with van der Waals surface area (Å²) < 4.78 is 5.30. The van der Waals surface area contributed by atoms with Gasteiger partial charge in [-0.2, -0.15) is 0 Å². The van der Waals surface area contributed by atoms with Crippen LogP contribution in [0.1, 0.15) is 24.3 Å². The second-order valence-electron chi connectivity index (χ2n) is 3.95. The zero-order chi connectivity index (χ0) is 10.7.